The number of nitrogen functional groups attached to an aromatic ring is 1. The van der Waals surface area contributed by atoms with Gasteiger partial charge >= 0.3 is 0 Å². The lowest BCUT2D eigenvalue weighted by Crippen LogP contribution is -2.26. The fraction of sp³-hybridized carbons (Fsp3) is 0.125. The van der Waals surface area contributed by atoms with Crippen LogP contribution in [0.5, 0.6) is 0 Å². The van der Waals surface area contributed by atoms with E-state index in [1.165, 1.54) is 0 Å². The van der Waals surface area contributed by atoms with E-state index in [2.05, 4.69) is 5.10 Å². The number of benzene rings is 1. The number of pyridine rings is 1. The lowest BCUT2D eigenvalue weighted by Gasteiger charge is -2.17. The van der Waals surface area contributed by atoms with Crippen LogP contribution in [0, 0.1) is 0 Å². The minimum Gasteiger partial charge on any atom is -0.399 e. The van der Waals surface area contributed by atoms with E-state index in [9.17, 15) is 4.79 Å². The van der Waals surface area contributed by atoms with Gasteiger partial charge in [-0.3, -0.25) is 4.79 Å². The van der Waals surface area contributed by atoms with Crippen molar-refractivity contribution < 1.29 is 4.79 Å². The number of hydrogen-bond donors (Lipinski definition) is 1. The molecule has 106 valence electrons. The molecule has 5 nitrogen and oxygen atoms in total. The number of anilines is 1. The van der Waals surface area contributed by atoms with Crippen molar-refractivity contribution in [3.63, 3.8) is 0 Å². The molecule has 0 aliphatic rings. The molecule has 0 aliphatic heterocycles. The number of amides is 1. The molecule has 0 saturated carbocycles. The Morgan fingerprint density at radius 3 is 2.95 bits per heavy atom. The van der Waals surface area contributed by atoms with Crippen molar-refractivity contribution in [2.24, 2.45) is 0 Å². The zero-order valence-electron chi connectivity index (χ0n) is 11.7. The summed E-state index contributed by atoms with van der Waals surface area (Å²) in [5.41, 5.74) is 8.87. The highest BCUT2D eigenvalue weighted by Crippen LogP contribution is 2.15. The Bertz CT molecular complexity index is 794. The SMILES string of the molecule is CN(Cc1cccc(N)c1)C(=O)c1cnn2ccccc12. The molecule has 0 aliphatic carbocycles. The van der Waals surface area contributed by atoms with Gasteiger partial charge in [-0.1, -0.05) is 18.2 Å². The molecule has 2 N–H and O–H groups in total. The smallest absolute Gasteiger partial charge is 0.257 e. The van der Waals surface area contributed by atoms with Crippen LogP contribution < -0.4 is 5.73 Å². The second-order valence-corrected chi connectivity index (χ2v) is 4.99. The summed E-state index contributed by atoms with van der Waals surface area (Å²) in [5, 5.41) is 4.19. The van der Waals surface area contributed by atoms with E-state index >= 15 is 0 Å². The van der Waals surface area contributed by atoms with Crippen LogP contribution >= 0.6 is 0 Å². The van der Waals surface area contributed by atoms with E-state index in [0.717, 1.165) is 11.1 Å². The van der Waals surface area contributed by atoms with Crippen LogP contribution in [0.15, 0.2) is 54.9 Å². The van der Waals surface area contributed by atoms with Gasteiger partial charge in [-0.15, -0.1) is 0 Å². The quantitative estimate of drug-likeness (QED) is 0.748. The van der Waals surface area contributed by atoms with Gasteiger partial charge in [0.05, 0.1) is 17.3 Å². The van der Waals surface area contributed by atoms with E-state index in [4.69, 9.17) is 5.73 Å². The summed E-state index contributed by atoms with van der Waals surface area (Å²) < 4.78 is 1.70. The summed E-state index contributed by atoms with van der Waals surface area (Å²) in [6.07, 6.45) is 3.43. The molecule has 5 heteroatoms. The van der Waals surface area contributed by atoms with Gasteiger partial charge in [0.1, 0.15) is 0 Å². The molecule has 0 fully saturated rings. The van der Waals surface area contributed by atoms with Crippen LogP contribution in [-0.4, -0.2) is 27.5 Å². The topological polar surface area (TPSA) is 63.6 Å². The Hall–Kier alpha value is -2.82. The number of fused-ring (bicyclic) bond motifs is 1. The summed E-state index contributed by atoms with van der Waals surface area (Å²) in [6.45, 7) is 0.508. The Kier molecular flexibility index (Phi) is 3.31. The van der Waals surface area contributed by atoms with Crippen LogP contribution in [0.1, 0.15) is 15.9 Å². The van der Waals surface area contributed by atoms with Crippen molar-refractivity contribution in [1.82, 2.24) is 14.5 Å². The first-order valence-electron chi connectivity index (χ1n) is 6.67. The summed E-state index contributed by atoms with van der Waals surface area (Å²) in [4.78, 5) is 14.2. The molecule has 0 atom stereocenters. The predicted molar refractivity (Wildman–Crippen MR) is 81.8 cm³/mol. The monoisotopic (exact) mass is 280 g/mol. The number of carbonyl (C=O) groups is 1. The first kappa shape index (κ1) is 13.2. The number of aromatic nitrogens is 2. The van der Waals surface area contributed by atoms with Gasteiger partial charge in [0, 0.05) is 25.5 Å². The fourth-order valence-electron chi connectivity index (χ4n) is 2.34. The lowest BCUT2D eigenvalue weighted by molar-refractivity contribution is 0.0787. The molecule has 0 bridgehead atoms. The Labute approximate surface area is 122 Å². The second kappa shape index (κ2) is 5.28. The molecular formula is C16H16N4O. The standard InChI is InChI=1S/C16H16N4O/c1-19(11-12-5-4-6-13(17)9-12)16(21)14-10-18-20-8-3-2-7-15(14)20/h2-10H,11,17H2,1H3. The third kappa shape index (κ3) is 2.58. The first-order chi connectivity index (χ1) is 10.1. The van der Waals surface area contributed by atoms with Crippen molar-refractivity contribution in [1.29, 1.82) is 0 Å². The molecule has 0 unspecified atom stereocenters. The van der Waals surface area contributed by atoms with Crippen LogP contribution in [0.3, 0.4) is 0 Å². The summed E-state index contributed by atoms with van der Waals surface area (Å²) in [7, 11) is 1.78. The van der Waals surface area contributed by atoms with Crippen molar-refractivity contribution in [2.45, 2.75) is 6.54 Å². The third-order valence-electron chi connectivity index (χ3n) is 3.37. The van der Waals surface area contributed by atoms with Crippen molar-refractivity contribution in [3.05, 3.63) is 66.0 Å². The molecule has 21 heavy (non-hydrogen) atoms. The zero-order chi connectivity index (χ0) is 14.8. The zero-order valence-corrected chi connectivity index (χ0v) is 11.7. The molecule has 0 spiro atoms. The van der Waals surface area contributed by atoms with E-state index in [1.807, 2.05) is 48.7 Å². The summed E-state index contributed by atoms with van der Waals surface area (Å²) >= 11 is 0. The number of carbonyl (C=O) groups excluding carboxylic acids is 1. The van der Waals surface area contributed by atoms with Crippen LogP contribution in [-0.2, 0) is 6.54 Å². The van der Waals surface area contributed by atoms with Gasteiger partial charge in [0.25, 0.3) is 5.91 Å². The van der Waals surface area contributed by atoms with Crippen LogP contribution in [0.25, 0.3) is 5.52 Å². The number of hydrogen-bond acceptors (Lipinski definition) is 3. The minimum absolute atomic E-state index is 0.0568. The molecule has 0 radical (unpaired) electrons. The molecule has 1 aromatic carbocycles. The average molecular weight is 280 g/mol. The van der Waals surface area contributed by atoms with Gasteiger partial charge in [0.2, 0.25) is 0 Å². The summed E-state index contributed by atoms with van der Waals surface area (Å²) in [5.74, 6) is -0.0568. The molecule has 1 amide bonds. The van der Waals surface area contributed by atoms with E-state index in [0.29, 0.717) is 17.8 Å². The second-order valence-electron chi connectivity index (χ2n) is 4.99. The first-order valence-corrected chi connectivity index (χ1v) is 6.67. The Balaban J connectivity index is 1.84. The molecule has 2 aromatic heterocycles. The van der Waals surface area contributed by atoms with Crippen molar-refractivity contribution in [2.75, 3.05) is 12.8 Å². The normalized spacial score (nSPS) is 10.7. The molecule has 3 aromatic rings. The number of nitrogens with two attached hydrogens (primary N) is 1. The maximum atomic E-state index is 12.6. The maximum Gasteiger partial charge on any atom is 0.257 e. The van der Waals surface area contributed by atoms with Crippen LogP contribution in [0.2, 0.25) is 0 Å². The maximum absolute atomic E-state index is 12.6. The van der Waals surface area contributed by atoms with Gasteiger partial charge in [-0.2, -0.15) is 5.10 Å². The molecule has 3 rings (SSSR count). The Morgan fingerprint density at radius 2 is 2.14 bits per heavy atom. The number of nitrogens with zero attached hydrogens (tertiary/aromatic N) is 3. The minimum atomic E-state index is -0.0568. The molecule has 2 heterocycles. The highest BCUT2D eigenvalue weighted by Gasteiger charge is 2.16. The lowest BCUT2D eigenvalue weighted by atomic mass is 10.1. The Morgan fingerprint density at radius 1 is 1.29 bits per heavy atom. The summed E-state index contributed by atoms with van der Waals surface area (Å²) in [6, 6.07) is 13.2. The van der Waals surface area contributed by atoms with Crippen molar-refractivity contribution >= 4 is 17.1 Å². The van der Waals surface area contributed by atoms with Gasteiger partial charge in [0.15, 0.2) is 0 Å². The predicted octanol–water partition coefficient (Wildman–Crippen LogP) is 2.19. The van der Waals surface area contributed by atoms with Crippen LogP contribution in [0.4, 0.5) is 5.69 Å². The molecule has 0 saturated heterocycles. The van der Waals surface area contributed by atoms with E-state index < -0.39 is 0 Å². The highest BCUT2D eigenvalue weighted by atomic mass is 16.2. The van der Waals surface area contributed by atoms with E-state index in [1.54, 1.807) is 22.7 Å². The van der Waals surface area contributed by atoms with Gasteiger partial charge in [-0.05, 0) is 29.8 Å². The highest BCUT2D eigenvalue weighted by molar-refractivity contribution is 6.00. The van der Waals surface area contributed by atoms with Gasteiger partial charge in [-0.25, -0.2) is 4.52 Å². The molecular weight excluding hydrogens is 264 g/mol. The largest absolute Gasteiger partial charge is 0.399 e. The fourth-order valence-corrected chi connectivity index (χ4v) is 2.34. The van der Waals surface area contributed by atoms with Crippen molar-refractivity contribution in [3.8, 4) is 0 Å². The third-order valence-corrected chi connectivity index (χ3v) is 3.37. The average Bonchev–Trinajstić information content (AvgIpc) is 2.90. The number of rotatable bonds is 3. The van der Waals surface area contributed by atoms with Gasteiger partial charge < -0.3 is 10.6 Å². The van der Waals surface area contributed by atoms with E-state index in [-0.39, 0.29) is 5.91 Å².